The summed E-state index contributed by atoms with van der Waals surface area (Å²) in [5, 5.41) is 0. The van der Waals surface area contributed by atoms with E-state index in [1.54, 1.807) is 0 Å². The minimum Gasteiger partial charge on any atom is -0.551 e. The normalized spacial score (nSPS) is 10.7. The molecule has 0 atom stereocenters. The molecule has 0 spiro atoms. The van der Waals surface area contributed by atoms with Gasteiger partial charge in [-0.15, -0.1) is 0 Å². The molecule has 0 bridgehead atoms. The fraction of sp³-hybridized carbons (Fsp3) is 0.714. The van der Waals surface area contributed by atoms with Gasteiger partial charge in [0.1, 0.15) is 0 Å². The van der Waals surface area contributed by atoms with Crippen molar-refractivity contribution in [2.45, 2.75) is 32.3 Å². The molecule has 0 N–H and O–H groups in total. The van der Waals surface area contributed by atoms with E-state index in [1.807, 2.05) is 13.8 Å². The predicted octanol–water partition coefficient (Wildman–Crippen LogP) is 2.18. The van der Waals surface area contributed by atoms with Crippen LogP contribution in [0.25, 0.3) is 0 Å². The Balaban J connectivity index is 0. The maximum absolute atomic E-state index is 4.89. The molecule has 53 valence electrons. The van der Waals surface area contributed by atoms with Crippen molar-refractivity contribution in [3.05, 3.63) is 14.0 Å². The molecule has 0 unspecified atom stereocenters. The number of ether oxygens (including phenoxy) is 1. The van der Waals surface area contributed by atoms with Gasteiger partial charge in [-0.2, -0.15) is 6.42 Å². The Labute approximate surface area is 83.4 Å². The van der Waals surface area contributed by atoms with Crippen LogP contribution in [0.4, 0.5) is 0 Å². The summed E-state index contributed by atoms with van der Waals surface area (Å²) in [4.78, 5) is 0. The maximum Gasteiger partial charge on any atom is 0.0262 e. The maximum atomic E-state index is 4.89. The monoisotopic (exact) mass is 203 g/mol. The topological polar surface area (TPSA) is 9.23 Å². The van der Waals surface area contributed by atoms with E-state index >= 15 is 0 Å². The van der Waals surface area contributed by atoms with Gasteiger partial charge >= 0.3 is 0 Å². The van der Waals surface area contributed by atoms with Crippen LogP contribution >= 0.6 is 0 Å². The second kappa shape index (κ2) is 5.82. The average Bonchev–Trinajstić information content (AvgIpc) is 1.67. The Morgan fingerprint density at radius 1 is 1.44 bits per heavy atom. The van der Waals surface area contributed by atoms with Gasteiger partial charge in [-0.3, -0.25) is 0 Å². The van der Waals surface area contributed by atoms with Crippen LogP contribution in [0, 0.1) is 14.0 Å². The first-order valence-corrected chi connectivity index (χ1v) is 2.85. The van der Waals surface area contributed by atoms with Crippen molar-refractivity contribution in [2.24, 2.45) is 0 Å². The van der Waals surface area contributed by atoms with E-state index < -0.39 is 0 Å². The third-order valence-electron chi connectivity index (χ3n) is 1.17. The van der Waals surface area contributed by atoms with E-state index in [0.717, 1.165) is 12.8 Å². The van der Waals surface area contributed by atoms with E-state index in [2.05, 4.69) is 14.0 Å². The van der Waals surface area contributed by atoms with Gasteiger partial charge in [0, 0.05) is 38.3 Å². The summed E-state index contributed by atoms with van der Waals surface area (Å²) in [7, 11) is 3.35. The van der Waals surface area contributed by atoms with Crippen LogP contribution in [0.5, 0.6) is 0 Å². The molecule has 0 aromatic rings. The molecule has 0 aliphatic heterocycles. The molecule has 0 aliphatic rings. The molecular weight excluding hydrogens is 189 g/mol. The first-order valence-electron chi connectivity index (χ1n) is 2.85. The SMILES string of the molecule is [CH2-]CCC(C)(C)O[CH2-].[Y]. The van der Waals surface area contributed by atoms with Crippen LogP contribution in [0.2, 0.25) is 0 Å². The molecule has 0 fully saturated rings. The van der Waals surface area contributed by atoms with Gasteiger partial charge < -0.3 is 11.7 Å². The van der Waals surface area contributed by atoms with Gasteiger partial charge in [0.05, 0.1) is 0 Å². The zero-order valence-electron chi connectivity index (χ0n) is 6.31. The first kappa shape index (κ1) is 12.7. The van der Waals surface area contributed by atoms with Gasteiger partial charge in [0.15, 0.2) is 0 Å². The van der Waals surface area contributed by atoms with Crippen LogP contribution in [0.15, 0.2) is 0 Å². The second-order valence-electron chi connectivity index (χ2n) is 2.51. The van der Waals surface area contributed by atoms with Gasteiger partial charge in [-0.1, -0.05) is 6.42 Å². The van der Waals surface area contributed by atoms with Gasteiger partial charge in [0.2, 0.25) is 0 Å². The summed E-state index contributed by atoms with van der Waals surface area (Å²) in [5.41, 5.74) is -0.0816. The Kier molecular flexibility index (Phi) is 8.22. The fourth-order valence-electron chi connectivity index (χ4n) is 0.498. The molecule has 2 heteroatoms. The standard InChI is InChI=1S/C7H14O.Y/c1-5-6-7(2,3)8-4;/h1,4-6H2,2-3H3;/q-2;. The van der Waals surface area contributed by atoms with Crippen molar-refractivity contribution in [1.29, 1.82) is 0 Å². The summed E-state index contributed by atoms with van der Waals surface area (Å²) in [6, 6.07) is 0. The molecule has 0 aromatic carbocycles. The Morgan fingerprint density at radius 3 is 2.00 bits per heavy atom. The minimum absolute atomic E-state index is 0. The van der Waals surface area contributed by atoms with Gasteiger partial charge in [-0.05, 0) is 13.8 Å². The Bertz CT molecular complexity index is 61.9. The minimum atomic E-state index is -0.0816. The average molecular weight is 203 g/mol. The molecular formula is C7H14OY-2. The molecule has 0 saturated carbocycles. The second-order valence-corrected chi connectivity index (χ2v) is 2.51. The van der Waals surface area contributed by atoms with Crippen molar-refractivity contribution in [2.75, 3.05) is 0 Å². The number of hydrogen-bond donors (Lipinski definition) is 0. The quantitative estimate of drug-likeness (QED) is 0.639. The fourth-order valence-corrected chi connectivity index (χ4v) is 0.498. The largest absolute Gasteiger partial charge is 0.551 e. The molecule has 0 saturated heterocycles. The third kappa shape index (κ3) is 6.96. The number of rotatable bonds is 3. The smallest absolute Gasteiger partial charge is 0.0262 e. The molecule has 1 nitrogen and oxygen atoms in total. The van der Waals surface area contributed by atoms with Crippen molar-refractivity contribution in [1.82, 2.24) is 0 Å². The van der Waals surface area contributed by atoms with E-state index in [1.165, 1.54) is 0 Å². The molecule has 0 amide bonds. The summed E-state index contributed by atoms with van der Waals surface area (Å²) >= 11 is 0. The molecule has 9 heavy (non-hydrogen) atoms. The van der Waals surface area contributed by atoms with Crippen molar-refractivity contribution in [3.8, 4) is 0 Å². The summed E-state index contributed by atoms with van der Waals surface area (Å²) in [5.74, 6) is 0. The van der Waals surface area contributed by atoms with Crippen LogP contribution in [0.3, 0.4) is 0 Å². The van der Waals surface area contributed by atoms with Crippen LogP contribution in [-0.4, -0.2) is 5.60 Å². The van der Waals surface area contributed by atoms with Gasteiger partial charge in [0.25, 0.3) is 0 Å². The predicted molar refractivity (Wildman–Crippen MR) is 35.1 cm³/mol. The van der Waals surface area contributed by atoms with E-state index in [4.69, 9.17) is 4.74 Å². The third-order valence-corrected chi connectivity index (χ3v) is 1.17. The van der Waals surface area contributed by atoms with Crippen molar-refractivity contribution >= 4 is 0 Å². The Hall–Kier alpha value is 1.06. The zero-order valence-corrected chi connectivity index (χ0v) is 9.15. The molecule has 1 radical (unpaired) electrons. The van der Waals surface area contributed by atoms with Crippen molar-refractivity contribution < 1.29 is 37.4 Å². The van der Waals surface area contributed by atoms with E-state index in [0.29, 0.717) is 0 Å². The molecule has 0 aromatic heterocycles. The van der Waals surface area contributed by atoms with E-state index in [9.17, 15) is 0 Å². The van der Waals surface area contributed by atoms with Crippen LogP contribution in [0.1, 0.15) is 26.7 Å². The molecule has 0 heterocycles. The summed E-state index contributed by atoms with van der Waals surface area (Å²) < 4.78 is 4.89. The van der Waals surface area contributed by atoms with Crippen LogP contribution < -0.4 is 0 Å². The Morgan fingerprint density at radius 2 is 1.89 bits per heavy atom. The number of hydrogen-bond acceptors (Lipinski definition) is 1. The molecule has 0 aliphatic carbocycles. The first-order chi connectivity index (χ1) is 3.62. The van der Waals surface area contributed by atoms with Gasteiger partial charge in [-0.25, -0.2) is 7.11 Å². The van der Waals surface area contributed by atoms with Crippen molar-refractivity contribution in [3.63, 3.8) is 0 Å². The molecule has 0 rings (SSSR count). The zero-order chi connectivity index (χ0) is 6.62. The summed E-state index contributed by atoms with van der Waals surface area (Å²) in [6.07, 6.45) is 1.87. The summed E-state index contributed by atoms with van der Waals surface area (Å²) in [6.45, 7) is 7.72. The van der Waals surface area contributed by atoms with Crippen LogP contribution in [-0.2, 0) is 37.4 Å². The van der Waals surface area contributed by atoms with E-state index in [-0.39, 0.29) is 38.3 Å².